The normalized spacial score (nSPS) is 17.2. The second kappa shape index (κ2) is 10.1. The van der Waals surface area contributed by atoms with Crippen LogP contribution < -0.4 is 14.4 Å². The summed E-state index contributed by atoms with van der Waals surface area (Å²) in [7, 11) is 3.07. The molecule has 1 aliphatic rings. The lowest BCUT2D eigenvalue weighted by atomic mass is 9.85. The minimum Gasteiger partial charge on any atom is -0.507 e. The Morgan fingerprint density at radius 2 is 1.65 bits per heavy atom. The average Bonchev–Trinajstić information content (AvgIpc) is 3.17. The Bertz CT molecular complexity index is 1370. The number of aliphatic hydroxyl groups excluding tert-OH is 1. The van der Waals surface area contributed by atoms with Gasteiger partial charge >= 0.3 is 0 Å². The second-order valence-corrected chi connectivity index (χ2v) is 10.1. The van der Waals surface area contributed by atoms with E-state index in [1.54, 1.807) is 31.4 Å². The van der Waals surface area contributed by atoms with Crippen LogP contribution in [0, 0.1) is 0 Å². The molecule has 1 saturated heterocycles. The molecular weight excluding hydrogens is 466 g/mol. The average molecular weight is 500 g/mol. The topological polar surface area (TPSA) is 76.1 Å². The Morgan fingerprint density at radius 1 is 0.946 bits per heavy atom. The highest BCUT2D eigenvalue weighted by molar-refractivity contribution is 6.51. The number of aliphatic hydroxyl groups is 1. The molecule has 3 aromatic rings. The minimum atomic E-state index is -0.856. The maximum Gasteiger partial charge on any atom is 0.300 e. The summed E-state index contributed by atoms with van der Waals surface area (Å²) in [6, 6.07) is 19.4. The molecule has 6 heteroatoms. The van der Waals surface area contributed by atoms with Crippen molar-refractivity contribution < 1.29 is 24.2 Å². The maximum absolute atomic E-state index is 13.6. The van der Waals surface area contributed by atoms with Crippen molar-refractivity contribution in [3.8, 4) is 11.5 Å². The summed E-state index contributed by atoms with van der Waals surface area (Å²) in [5, 5.41) is 11.7. The summed E-state index contributed by atoms with van der Waals surface area (Å²) in [5.74, 6) is -0.746. The number of ketones is 1. The van der Waals surface area contributed by atoms with E-state index in [1.165, 1.54) is 12.0 Å². The third kappa shape index (κ3) is 4.84. The molecule has 192 valence electrons. The van der Waals surface area contributed by atoms with E-state index in [1.807, 2.05) is 42.5 Å². The largest absolute Gasteiger partial charge is 0.507 e. The van der Waals surface area contributed by atoms with E-state index in [-0.39, 0.29) is 16.7 Å². The number of hydrogen-bond acceptors (Lipinski definition) is 5. The fraction of sp³-hybridized carbons (Fsp3) is 0.290. The van der Waals surface area contributed by atoms with Crippen LogP contribution in [0.15, 0.2) is 72.3 Å². The van der Waals surface area contributed by atoms with Crippen LogP contribution in [0.4, 0.5) is 5.69 Å². The molecule has 1 aliphatic heterocycles. The highest BCUT2D eigenvalue weighted by atomic mass is 16.5. The lowest BCUT2D eigenvalue weighted by molar-refractivity contribution is -0.132. The molecule has 1 N–H and O–H groups in total. The van der Waals surface area contributed by atoms with Gasteiger partial charge in [-0.15, -0.1) is 0 Å². The number of carbonyl (C=O) groups excluding carboxylic acids is 2. The quantitative estimate of drug-likeness (QED) is 0.249. The molecule has 0 aliphatic carbocycles. The van der Waals surface area contributed by atoms with E-state index in [0.717, 1.165) is 17.5 Å². The number of rotatable bonds is 6. The number of methoxy groups -OCH3 is 2. The number of Topliss-reactive ketones (excluding diaryl/α,β-unsaturated/α-hetero) is 1. The van der Waals surface area contributed by atoms with Crippen LogP contribution in [0.2, 0.25) is 0 Å². The van der Waals surface area contributed by atoms with Crippen molar-refractivity contribution in [1.82, 2.24) is 0 Å². The van der Waals surface area contributed by atoms with Crippen LogP contribution in [0.3, 0.4) is 0 Å². The van der Waals surface area contributed by atoms with Gasteiger partial charge in [0.1, 0.15) is 17.3 Å². The van der Waals surface area contributed by atoms with Gasteiger partial charge in [-0.25, -0.2) is 0 Å². The summed E-state index contributed by atoms with van der Waals surface area (Å²) in [4.78, 5) is 28.5. The summed E-state index contributed by atoms with van der Waals surface area (Å²) in [6.07, 6.45) is 0.850. The number of anilines is 1. The molecule has 4 rings (SSSR count). The molecule has 1 unspecified atom stereocenters. The van der Waals surface area contributed by atoms with Crippen molar-refractivity contribution in [2.75, 3.05) is 19.1 Å². The molecule has 6 nitrogen and oxygen atoms in total. The molecule has 1 heterocycles. The van der Waals surface area contributed by atoms with Crippen LogP contribution in [-0.4, -0.2) is 31.0 Å². The van der Waals surface area contributed by atoms with Gasteiger partial charge in [0.15, 0.2) is 0 Å². The van der Waals surface area contributed by atoms with Gasteiger partial charge in [-0.2, -0.15) is 0 Å². The van der Waals surface area contributed by atoms with Crippen molar-refractivity contribution in [3.63, 3.8) is 0 Å². The van der Waals surface area contributed by atoms with Gasteiger partial charge in [-0.05, 0) is 64.9 Å². The van der Waals surface area contributed by atoms with Gasteiger partial charge in [-0.3, -0.25) is 14.5 Å². The fourth-order valence-corrected chi connectivity index (χ4v) is 4.62. The Balaban J connectivity index is 1.99. The van der Waals surface area contributed by atoms with Gasteiger partial charge in [0.2, 0.25) is 0 Å². The lowest BCUT2D eigenvalue weighted by Crippen LogP contribution is -2.29. The molecule has 0 bridgehead atoms. The molecule has 0 spiro atoms. The molecule has 0 saturated carbocycles. The minimum absolute atomic E-state index is 0.00202. The van der Waals surface area contributed by atoms with Gasteiger partial charge < -0.3 is 14.6 Å². The molecule has 1 atom stereocenters. The molecule has 1 fully saturated rings. The van der Waals surface area contributed by atoms with Crippen molar-refractivity contribution in [2.45, 2.75) is 45.6 Å². The summed E-state index contributed by atoms with van der Waals surface area (Å²) in [5.41, 5.74) is 3.44. The molecule has 37 heavy (non-hydrogen) atoms. The van der Waals surface area contributed by atoms with E-state index in [4.69, 9.17) is 9.47 Å². The fourth-order valence-electron chi connectivity index (χ4n) is 4.62. The van der Waals surface area contributed by atoms with Gasteiger partial charge in [-0.1, -0.05) is 58.0 Å². The number of carbonyl (C=O) groups is 2. The summed E-state index contributed by atoms with van der Waals surface area (Å²) < 4.78 is 11.0. The van der Waals surface area contributed by atoms with E-state index in [9.17, 15) is 14.7 Å². The molecule has 3 aromatic carbocycles. The highest BCUT2D eigenvalue weighted by Gasteiger charge is 2.47. The molecular formula is C31H33NO5. The first-order valence-electron chi connectivity index (χ1n) is 12.3. The highest BCUT2D eigenvalue weighted by Crippen LogP contribution is 2.44. The second-order valence-electron chi connectivity index (χ2n) is 10.1. The zero-order valence-electron chi connectivity index (χ0n) is 22.2. The SMILES string of the molecule is CCc1ccc(N2C(=O)C(=O)/C(=C(/O)c3cc(C(C)(C)C)ccc3OC)C2c2cccc(OC)c2)cc1. The van der Waals surface area contributed by atoms with Gasteiger partial charge in [0.25, 0.3) is 11.7 Å². The number of ether oxygens (including phenoxy) is 2. The van der Waals surface area contributed by atoms with Crippen molar-refractivity contribution in [2.24, 2.45) is 0 Å². The Morgan fingerprint density at radius 3 is 2.24 bits per heavy atom. The number of amides is 1. The van der Waals surface area contributed by atoms with E-state index >= 15 is 0 Å². The van der Waals surface area contributed by atoms with Gasteiger partial charge in [0, 0.05) is 5.69 Å². The van der Waals surface area contributed by atoms with Gasteiger partial charge in [0.05, 0.1) is 31.4 Å². The monoisotopic (exact) mass is 499 g/mol. The zero-order valence-corrected chi connectivity index (χ0v) is 22.2. The van der Waals surface area contributed by atoms with Crippen molar-refractivity contribution in [1.29, 1.82) is 0 Å². The third-order valence-corrected chi connectivity index (χ3v) is 6.80. The smallest absolute Gasteiger partial charge is 0.300 e. The Hall–Kier alpha value is -4.06. The first-order chi connectivity index (χ1) is 17.6. The number of benzene rings is 3. The van der Waals surface area contributed by atoms with Crippen LogP contribution >= 0.6 is 0 Å². The third-order valence-electron chi connectivity index (χ3n) is 6.80. The van der Waals surface area contributed by atoms with Crippen LogP contribution in [0.5, 0.6) is 11.5 Å². The maximum atomic E-state index is 13.6. The summed E-state index contributed by atoms with van der Waals surface area (Å²) in [6.45, 7) is 8.24. The Labute approximate surface area is 218 Å². The summed E-state index contributed by atoms with van der Waals surface area (Å²) >= 11 is 0. The molecule has 0 radical (unpaired) electrons. The van der Waals surface area contributed by atoms with E-state index in [2.05, 4.69) is 27.7 Å². The van der Waals surface area contributed by atoms with E-state index < -0.39 is 17.7 Å². The first kappa shape index (κ1) is 26.0. The predicted octanol–water partition coefficient (Wildman–Crippen LogP) is 6.19. The first-order valence-corrected chi connectivity index (χ1v) is 12.3. The predicted molar refractivity (Wildman–Crippen MR) is 145 cm³/mol. The number of aryl methyl sites for hydroxylation is 1. The van der Waals surface area contributed by atoms with E-state index in [0.29, 0.717) is 28.3 Å². The molecule has 0 aromatic heterocycles. The lowest BCUT2D eigenvalue weighted by Gasteiger charge is -2.26. The number of hydrogen-bond donors (Lipinski definition) is 1. The van der Waals surface area contributed by atoms with Crippen molar-refractivity contribution in [3.05, 3.63) is 94.6 Å². The van der Waals surface area contributed by atoms with Crippen LogP contribution in [0.25, 0.3) is 5.76 Å². The van der Waals surface area contributed by atoms with Crippen LogP contribution in [-0.2, 0) is 21.4 Å². The zero-order chi connectivity index (χ0) is 26.9. The standard InChI is InChI=1S/C31H33NO5/c1-7-19-11-14-22(15-12-19)32-27(20-9-8-10-23(17-20)36-5)26(29(34)30(32)35)28(33)24-18-21(31(2,3)4)13-16-25(24)37-6/h8-18,27,33H,7H2,1-6H3/b28-26+. The van der Waals surface area contributed by atoms with Crippen LogP contribution in [0.1, 0.15) is 56.0 Å². The van der Waals surface area contributed by atoms with Crippen molar-refractivity contribution >= 4 is 23.1 Å². The Kier molecular flexibility index (Phi) is 7.12. The molecule has 1 amide bonds. The number of nitrogens with zero attached hydrogens (tertiary/aromatic N) is 1.